The van der Waals surface area contributed by atoms with E-state index in [4.69, 9.17) is 9.72 Å². The summed E-state index contributed by atoms with van der Waals surface area (Å²) in [6, 6.07) is 6.44. The molecule has 56 heavy (non-hydrogen) atoms. The zero-order valence-corrected chi connectivity index (χ0v) is 31.7. The van der Waals surface area contributed by atoms with Gasteiger partial charge in [0.25, 0.3) is 11.5 Å². The van der Waals surface area contributed by atoms with Crippen molar-refractivity contribution in [3.63, 3.8) is 0 Å². The lowest BCUT2D eigenvalue weighted by Gasteiger charge is -2.48. The summed E-state index contributed by atoms with van der Waals surface area (Å²) < 4.78 is 52.3. The van der Waals surface area contributed by atoms with Crippen LogP contribution in [0.4, 0.5) is 41.9 Å². The van der Waals surface area contributed by atoms with E-state index in [0.717, 1.165) is 18.9 Å². The van der Waals surface area contributed by atoms with Crippen LogP contribution in [0.2, 0.25) is 0 Å². The normalized spacial score (nSPS) is 19.7. The largest absolute Gasteiger partial charge is 0.409 e. The van der Waals surface area contributed by atoms with Gasteiger partial charge in [0.15, 0.2) is 5.82 Å². The van der Waals surface area contributed by atoms with Gasteiger partial charge in [0.05, 0.1) is 36.3 Å². The monoisotopic (exact) mass is 771 g/mol. The van der Waals surface area contributed by atoms with Crippen LogP contribution in [0.15, 0.2) is 60.2 Å². The van der Waals surface area contributed by atoms with Crippen molar-refractivity contribution in [1.82, 2.24) is 24.0 Å². The van der Waals surface area contributed by atoms with Gasteiger partial charge in [-0.05, 0) is 67.2 Å². The molecule has 1 aromatic carbocycles. The summed E-state index contributed by atoms with van der Waals surface area (Å²) in [6.07, 6.45) is 1.56. The SMILES string of the molecule is C=CC(=O)Nc1cc(Nc2nc(-c3ccnc(N4CCn5c(cc6c5CC(C)(C)C6)C4=O)c3C)cn(C)c2=O)ccc1N1CCN(C2COC2)C[C@@H]1C(F)(F)F. The lowest BCUT2D eigenvalue weighted by molar-refractivity contribution is -0.165. The van der Waals surface area contributed by atoms with Gasteiger partial charge >= 0.3 is 6.18 Å². The van der Waals surface area contributed by atoms with Gasteiger partial charge in [-0.2, -0.15) is 13.2 Å². The Morgan fingerprint density at radius 1 is 1.07 bits per heavy atom. The average Bonchev–Trinajstić information content (AvgIpc) is 3.61. The second-order valence-corrected chi connectivity index (χ2v) is 15.8. The van der Waals surface area contributed by atoms with Crippen LogP contribution < -0.4 is 26.0 Å². The fourth-order valence-corrected chi connectivity index (χ4v) is 8.43. The first-order chi connectivity index (χ1) is 26.6. The van der Waals surface area contributed by atoms with Gasteiger partial charge < -0.3 is 29.4 Å². The Labute approximate surface area is 321 Å². The maximum absolute atomic E-state index is 14.5. The molecule has 2 amide bonds. The number of fused-ring (bicyclic) bond motifs is 3. The molecule has 8 rings (SSSR count). The summed E-state index contributed by atoms with van der Waals surface area (Å²) in [5.41, 5.74) is 5.23. The lowest BCUT2D eigenvalue weighted by Crippen LogP contribution is -2.64. The minimum atomic E-state index is -4.55. The van der Waals surface area contributed by atoms with E-state index in [1.807, 2.05) is 13.0 Å². The fraction of sp³-hybridized carbons (Fsp3) is 0.425. The van der Waals surface area contributed by atoms with E-state index in [0.29, 0.717) is 66.9 Å². The summed E-state index contributed by atoms with van der Waals surface area (Å²) in [4.78, 5) is 54.0. The highest BCUT2D eigenvalue weighted by Crippen LogP contribution is 2.41. The zero-order valence-electron chi connectivity index (χ0n) is 31.7. The number of carbonyl (C=O) groups is 2. The molecule has 2 saturated heterocycles. The van der Waals surface area contributed by atoms with Gasteiger partial charge in [-0.1, -0.05) is 20.4 Å². The van der Waals surface area contributed by atoms with Gasteiger partial charge in [-0.15, -0.1) is 0 Å². The van der Waals surface area contributed by atoms with Crippen LogP contribution in [-0.2, 0) is 36.0 Å². The van der Waals surface area contributed by atoms with Gasteiger partial charge in [-0.25, -0.2) is 9.97 Å². The molecule has 0 unspecified atom stereocenters. The third-order valence-electron chi connectivity index (χ3n) is 11.3. The topological polar surface area (TPSA) is 130 Å². The fourth-order valence-electron chi connectivity index (χ4n) is 8.43. The number of nitrogens with one attached hydrogen (secondary N) is 2. The van der Waals surface area contributed by atoms with Gasteiger partial charge in [-0.3, -0.25) is 24.2 Å². The minimum Gasteiger partial charge on any atom is -0.378 e. The number of pyridine rings is 1. The van der Waals surface area contributed by atoms with Crippen molar-refractivity contribution < 1.29 is 27.5 Å². The molecule has 0 saturated carbocycles. The number of halogens is 3. The molecule has 3 aromatic heterocycles. The Kier molecular flexibility index (Phi) is 9.31. The Morgan fingerprint density at radius 2 is 1.86 bits per heavy atom. The molecule has 294 valence electrons. The van der Waals surface area contributed by atoms with Crippen molar-refractivity contribution in [2.24, 2.45) is 12.5 Å². The number of aryl methyl sites for hydroxylation is 1. The van der Waals surface area contributed by atoms with Crippen LogP contribution >= 0.6 is 0 Å². The minimum absolute atomic E-state index is 0.0506. The summed E-state index contributed by atoms with van der Waals surface area (Å²) in [5, 5.41) is 5.70. The van der Waals surface area contributed by atoms with Crippen molar-refractivity contribution in [3.05, 3.63) is 88.2 Å². The summed E-state index contributed by atoms with van der Waals surface area (Å²) in [7, 11) is 1.59. The van der Waals surface area contributed by atoms with Crippen molar-refractivity contribution in [3.8, 4) is 11.3 Å². The number of anilines is 5. The van der Waals surface area contributed by atoms with Crippen LogP contribution in [-0.4, -0.2) is 93.5 Å². The Hall–Kier alpha value is -5.48. The number of rotatable bonds is 8. The van der Waals surface area contributed by atoms with E-state index < -0.39 is 23.7 Å². The van der Waals surface area contributed by atoms with E-state index >= 15 is 0 Å². The first-order valence-electron chi connectivity index (χ1n) is 18.7. The number of hydrogen-bond donors (Lipinski definition) is 2. The number of amides is 2. The third-order valence-corrected chi connectivity index (χ3v) is 11.3. The molecule has 3 aliphatic heterocycles. The van der Waals surface area contributed by atoms with E-state index in [1.165, 1.54) is 32.9 Å². The molecule has 1 atom stereocenters. The zero-order chi connectivity index (χ0) is 39.7. The highest BCUT2D eigenvalue weighted by atomic mass is 19.4. The van der Waals surface area contributed by atoms with Crippen LogP contribution in [0.3, 0.4) is 0 Å². The van der Waals surface area contributed by atoms with Crippen molar-refractivity contribution in [1.29, 1.82) is 0 Å². The van der Waals surface area contributed by atoms with Crippen molar-refractivity contribution in [2.75, 3.05) is 59.8 Å². The molecule has 4 aliphatic rings. The molecular weight excluding hydrogens is 727 g/mol. The molecular formula is C40H44F3N9O4. The number of ether oxygens (including phenoxy) is 1. The van der Waals surface area contributed by atoms with E-state index in [9.17, 15) is 27.6 Å². The number of hydrogen-bond acceptors (Lipinski definition) is 9. The Balaban J connectivity index is 1.09. The van der Waals surface area contributed by atoms with Crippen molar-refractivity contribution >= 4 is 40.5 Å². The first kappa shape index (κ1) is 37.4. The summed E-state index contributed by atoms with van der Waals surface area (Å²) in [5.74, 6) is -0.273. The number of nitrogens with zero attached hydrogens (tertiary/aromatic N) is 7. The molecule has 2 fully saturated rings. The molecule has 1 aliphatic carbocycles. The van der Waals surface area contributed by atoms with Gasteiger partial charge in [0, 0.05) is 74.7 Å². The maximum Gasteiger partial charge on any atom is 0.409 e. The summed E-state index contributed by atoms with van der Waals surface area (Å²) >= 11 is 0. The van der Waals surface area contributed by atoms with Gasteiger partial charge in [0.2, 0.25) is 5.91 Å². The Bertz CT molecular complexity index is 2310. The number of benzene rings is 1. The molecule has 0 radical (unpaired) electrons. The van der Waals surface area contributed by atoms with E-state index in [1.54, 1.807) is 41.4 Å². The number of alkyl halides is 3. The number of carbonyl (C=O) groups excluding carboxylic acids is 2. The van der Waals surface area contributed by atoms with Crippen LogP contribution in [0.1, 0.15) is 41.2 Å². The predicted molar refractivity (Wildman–Crippen MR) is 207 cm³/mol. The summed E-state index contributed by atoms with van der Waals surface area (Å²) in [6.45, 7) is 12.0. The first-order valence-corrected chi connectivity index (χ1v) is 18.7. The van der Waals surface area contributed by atoms with Crippen LogP contribution in [0.5, 0.6) is 0 Å². The molecule has 0 spiro atoms. The second kappa shape index (κ2) is 13.9. The molecule has 4 aromatic rings. The Morgan fingerprint density at radius 3 is 2.57 bits per heavy atom. The highest BCUT2D eigenvalue weighted by molar-refractivity contribution is 6.06. The second-order valence-electron chi connectivity index (χ2n) is 15.8. The van der Waals surface area contributed by atoms with Crippen LogP contribution in [0, 0.1) is 12.3 Å². The molecule has 0 bridgehead atoms. The van der Waals surface area contributed by atoms with E-state index in [2.05, 4.69) is 40.6 Å². The molecule has 6 heterocycles. The van der Waals surface area contributed by atoms with Crippen molar-refractivity contribution in [2.45, 2.75) is 58.4 Å². The number of piperazine rings is 1. The average molecular weight is 772 g/mol. The number of aromatic nitrogens is 4. The predicted octanol–water partition coefficient (Wildman–Crippen LogP) is 5.06. The lowest BCUT2D eigenvalue weighted by atomic mass is 9.90. The molecule has 2 N–H and O–H groups in total. The van der Waals surface area contributed by atoms with Crippen LogP contribution in [0.25, 0.3) is 11.3 Å². The standard InChI is InChI=1S/C40H44F3N9O4/c1-6-34(53)46-28-16-25(7-8-30(28)51-12-11-49(26-21-56-22-26)20-33(51)40(41,42)43)45-35-38(55)48(5)19-29(47-35)27-9-10-44-36(23(27)2)52-14-13-50-31(37(52)54)15-24-17-39(3,4)18-32(24)50/h6-10,15-16,19,26,33H,1,11-14,17-18,20-22H2,2-5H3,(H,45,47)(H,46,53)/t33-/m1/s1. The maximum atomic E-state index is 14.5. The quantitative estimate of drug-likeness (QED) is 0.237. The third kappa shape index (κ3) is 6.74. The smallest absolute Gasteiger partial charge is 0.378 e. The molecule has 13 nitrogen and oxygen atoms in total. The highest BCUT2D eigenvalue weighted by Gasteiger charge is 2.48. The van der Waals surface area contributed by atoms with Gasteiger partial charge in [0.1, 0.15) is 17.6 Å². The van der Waals surface area contributed by atoms with E-state index in [-0.39, 0.29) is 47.6 Å². The molecule has 16 heteroatoms.